The van der Waals surface area contributed by atoms with Gasteiger partial charge in [-0.25, -0.2) is 31.3 Å². The maximum atomic E-state index is 11.3. The predicted molar refractivity (Wildman–Crippen MR) is 70.5 cm³/mol. The first-order valence-electron chi connectivity index (χ1n) is 5.92. The molecule has 0 heterocycles. The standard InChI is InChI=1S/C9H24N8O2/c10-5-1-3-9(4-2-6-11,16(14)7(12)18)17(15)8(13)19/h1-6,10-11,14-15H2,(H2,12,18)(H2,13,19). The maximum absolute atomic E-state index is 11.3. The number of nitrogens with two attached hydrogens (primary N) is 6. The number of carbonyl (C=O) groups excluding carboxylic acids is 2. The van der Waals surface area contributed by atoms with E-state index < -0.39 is 17.7 Å². The lowest BCUT2D eigenvalue weighted by Crippen LogP contribution is -2.70. The van der Waals surface area contributed by atoms with Crippen LogP contribution in [0.4, 0.5) is 9.59 Å². The molecule has 0 rings (SSSR count). The van der Waals surface area contributed by atoms with Gasteiger partial charge in [0.05, 0.1) is 0 Å². The highest BCUT2D eigenvalue weighted by Crippen LogP contribution is 2.27. The van der Waals surface area contributed by atoms with Gasteiger partial charge in [-0.1, -0.05) is 0 Å². The Bertz CT molecular complexity index is 281. The fourth-order valence-electron chi connectivity index (χ4n) is 1.90. The number of nitrogens with zero attached hydrogens (tertiary/aromatic N) is 2. The number of primary amides is 2. The van der Waals surface area contributed by atoms with E-state index in [-0.39, 0.29) is 12.8 Å². The zero-order chi connectivity index (χ0) is 15.1. The van der Waals surface area contributed by atoms with Gasteiger partial charge < -0.3 is 22.9 Å². The van der Waals surface area contributed by atoms with Gasteiger partial charge in [-0.05, 0) is 38.8 Å². The average molecular weight is 276 g/mol. The zero-order valence-electron chi connectivity index (χ0n) is 10.9. The molecule has 0 spiro atoms. The van der Waals surface area contributed by atoms with Gasteiger partial charge >= 0.3 is 12.1 Å². The lowest BCUT2D eigenvalue weighted by Gasteiger charge is -2.45. The summed E-state index contributed by atoms with van der Waals surface area (Å²) >= 11 is 0. The monoisotopic (exact) mass is 276 g/mol. The molecule has 0 saturated heterocycles. The summed E-state index contributed by atoms with van der Waals surface area (Å²) in [6.07, 6.45) is 1.46. The number of hydrogen-bond donors (Lipinski definition) is 6. The summed E-state index contributed by atoms with van der Waals surface area (Å²) in [5.41, 5.74) is 19.9. The summed E-state index contributed by atoms with van der Waals surface area (Å²) in [7, 11) is 0. The Balaban J connectivity index is 5.41. The van der Waals surface area contributed by atoms with Gasteiger partial charge in [-0.15, -0.1) is 0 Å². The quantitative estimate of drug-likeness (QED) is 0.124. The molecule has 0 aliphatic carbocycles. The second-order valence-electron chi connectivity index (χ2n) is 4.18. The Hall–Kier alpha value is -1.62. The number of urea groups is 2. The van der Waals surface area contributed by atoms with Gasteiger partial charge in [0.1, 0.15) is 0 Å². The number of rotatable bonds is 8. The maximum Gasteiger partial charge on any atom is 0.331 e. The average Bonchev–Trinajstić information content (AvgIpc) is 2.37. The molecule has 0 aliphatic rings. The molecule has 0 atom stereocenters. The highest BCUT2D eigenvalue weighted by molar-refractivity contribution is 5.75. The topological polar surface area (TPSA) is 197 Å². The molecule has 0 aromatic rings. The molecule has 10 nitrogen and oxygen atoms in total. The summed E-state index contributed by atoms with van der Waals surface area (Å²) in [6, 6.07) is -1.85. The van der Waals surface area contributed by atoms with Crippen molar-refractivity contribution in [2.24, 2.45) is 34.6 Å². The third-order valence-corrected chi connectivity index (χ3v) is 2.93. The molecule has 0 bridgehead atoms. The number of amides is 4. The van der Waals surface area contributed by atoms with Crippen LogP contribution in [0.25, 0.3) is 0 Å². The van der Waals surface area contributed by atoms with Crippen molar-refractivity contribution in [1.29, 1.82) is 0 Å². The summed E-state index contributed by atoms with van der Waals surface area (Å²) in [5.74, 6) is 11.3. The van der Waals surface area contributed by atoms with Crippen molar-refractivity contribution < 1.29 is 9.59 Å². The van der Waals surface area contributed by atoms with Crippen LogP contribution in [0, 0.1) is 0 Å². The summed E-state index contributed by atoms with van der Waals surface area (Å²) < 4.78 is 0. The first-order chi connectivity index (χ1) is 8.83. The number of carbonyl (C=O) groups is 2. The minimum absolute atomic E-state index is 0.252. The molecular formula is C9H24N8O2. The summed E-state index contributed by atoms with van der Waals surface area (Å²) in [5, 5.41) is 1.42. The number of hydrogen-bond acceptors (Lipinski definition) is 6. The number of hydrazine groups is 2. The lowest BCUT2D eigenvalue weighted by molar-refractivity contribution is -0.0200. The van der Waals surface area contributed by atoms with E-state index in [1.807, 2.05) is 0 Å². The highest BCUT2D eigenvalue weighted by atomic mass is 16.2. The van der Waals surface area contributed by atoms with Crippen LogP contribution in [0.15, 0.2) is 0 Å². The largest absolute Gasteiger partial charge is 0.350 e. The molecule has 0 radical (unpaired) electrons. The van der Waals surface area contributed by atoms with Gasteiger partial charge in [0, 0.05) is 0 Å². The van der Waals surface area contributed by atoms with Crippen LogP contribution in [0.2, 0.25) is 0 Å². The van der Waals surface area contributed by atoms with Crippen LogP contribution in [0.1, 0.15) is 25.7 Å². The van der Waals surface area contributed by atoms with E-state index in [2.05, 4.69) is 0 Å². The van der Waals surface area contributed by atoms with Crippen molar-refractivity contribution in [3.05, 3.63) is 0 Å². The minimum Gasteiger partial charge on any atom is -0.350 e. The highest BCUT2D eigenvalue weighted by Gasteiger charge is 2.43. The van der Waals surface area contributed by atoms with Crippen molar-refractivity contribution in [3.63, 3.8) is 0 Å². The van der Waals surface area contributed by atoms with Crippen LogP contribution in [-0.2, 0) is 0 Å². The molecule has 12 N–H and O–H groups in total. The van der Waals surface area contributed by atoms with Crippen molar-refractivity contribution in [1.82, 2.24) is 10.0 Å². The van der Waals surface area contributed by atoms with Crippen LogP contribution in [0.5, 0.6) is 0 Å². The van der Waals surface area contributed by atoms with E-state index in [9.17, 15) is 9.59 Å². The Morgan fingerprint density at radius 1 is 0.842 bits per heavy atom. The second kappa shape index (κ2) is 7.74. The Morgan fingerprint density at radius 2 is 1.16 bits per heavy atom. The van der Waals surface area contributed by atoms with Gasteiger partial charge in [0.15, 0.2) is 5.66 Å². The molecule has 0 aromatic carbocycles. The SMILES string of the molecule is NCCCC(CCCN)(N(N)C(N)=O)N(N)C(N)=O. The van der Waals surface area contributed by atoms with Crippen molar-refractivity contribution in [2.45, 2.75) is 31.3 Å². The molecule has 4 amide bonds. The molecule has 112 valence electrons. The van der Waals surface area contributed by atoms with E-state index in [1.54, 1.807) is 0 Å². The summed E-state index contributed by atoms with van der Waals surface area (Å²) in [4.78, 5) is 22.7. The van der Waals surface area contributed by atoms with Crippen LogP contribution < -0.4 is 34.6 Å². The molecule has 0 fully saturated rings. The van der Waals surface area contributed by atoms with E-state index >= 15 is 0 Å². The van der Waals surface area contributed by atoms with Crippen LogP contribution in [0.3, 0.4) is 0 Å². The van der Waals surface area contributed by atoms with E-state index in [4.69, 9.17) is 34.6 Å². The molecule has 0 saturated carbocycles. The lowest BCUT2D eigenvalue weighted by atomic mass is 9.96. The molecule has 0 aromatic heterocycles. The third kappa shape index (κ3) is 4.21. The Morgan fingerprint density at radius 3 is 1.37 bits per heavy atom. The fourth-order valence-corrected chi connectivity index (χ4v) is 1.90. The van der Waals surface area contributed by atoms with Gasteiger partial charge in [0.2, 0.25) is 0 Å². The van der Waals surface area contributed by atoms with E-state index in [0.717, 1.165) is 0 Å². The normalized spacial score (nSPS) is 11.2. The van der Waals surface area contributed by atoms with Crippen molar-refractivity contribution in [3.8, 4) is 0 Å². The Labute approximate surface area is 111 Å². The summed E-state index contributed by atoms with van der Waals surface area (Å²) in [6.45, 7) is 0.674. The van der Waals surface area contributed by atoms with E-state index in [0.29, 0.717) is 35.9 Å². The predicted octanol–water partition coefficient (Wildman–Crippen LogP) is -2.33. The Kier molecular flexibility index (Phi) is 7.08. The fraction of sp³-hybridized carbons (Fsp3) is 0.778. The first kappa shape index (κ1) is 17.4. The van der Waals surface area contributed by atoms with Crippen LogP contribution in [-0.4, -0.2) is 40.8 Å². The molecule has 19 heavy (non-hydrogen) atoms. The van der Waals surface area contributed by atoms with Crippen molar-refractivity contribution in [2.75, 3.05) is 13.1 Å². The van der Waals surface area contributed by atoms with Gasteiger partial charge in [0.25, 0.3) is 0 Å². The van der Waals surface area contributed by atoms with Crippen LogP contribution >= 0.6 is 0 Å². The second-order valence-corrected chi connectivity index (χ2v) is 4.18. The minimum atomic E-state index is -1.32. The first-order valence-corrected chi connectivity index (χ1v) is 5.92. The van der Waals surface area contributed by atoms with Crippen molar-refractivity contribution >= 4 is 12.1 Å². The molecule has 0 unspecified atom stereocenters. The van der Waals surface area contributed by atoms with Gasteiger partial charge in [-0.2, -0.15) is 0 Å². The van der Waals surface area contributed by atoms with E-state index in [1.165, 1.54) is 0 Å². The van der Waals surface area contributed by atoms with Gasteiger partial charge in [-0.3, -0.25) is 0 Å². The molecule has 0 aliphatic heterocycles. The third-order valence-electron chi connectivity index (χ3n) is 2.93. The molecule has 10 heteroatoms. The molecular weight excluding hydrogens is 252 g/mol. The smallest absolute Gasteiger partial charge is 0.331 e. The zero-order valence-corrected chi connectivity index (χ0v) is 10.9.